The van der Waals surface area contributed by atoms with Gasteiger partial charge in [0.05, 0.1) is 4.90 Å². The van der Waals surface area contributed by atoms with Crippen LogP contribution in [0.3, 0.4) is 0 Å². The quantitative estimate of drug-likeness (QED) is 0.848. The average molecular weight is 394 g/mol. The fraction of sp³-hybridized carbons (Fsp3) is 0.316. The van der Waals surface area contributed by atoms with Crippen LogP contribution in [0.2, 0.25) is 0 Å². The van der Waals surface area contributed by atoms with Crippen LogP contribution < -0.4 is 5.32 Å². The molecule has 1 heterocycles. The number of nitrogens with zero attached hydrogens (tertiary/aromatic N) is 1. The maximum atomic E-state index is 13.6. The Kier molecular flexibility index (Phi) is 5.57. The first-order chi connectivity index (χ1) is 12.8. The van der Waals surface area contributed by atoms with Crippen LogP contribution in [0.15, 0.2) is 47.4 Å². The molecule has 0 saturated carbocycles. The number of benzene rings is 2. The highest BCUT2D eigenvalue weighted by atomic mass is 32.2. The standard InChI is InChI=1S/C19H20F2N2O3S/c1-13-4-5-14(11-17(13)21)12-22-19(24)18-3-2-10-23(18)27(25,26)16-8-6-15(20)7-9-16/h4-9,11,18H,2-3,10,12H2,1H3,(H,22,24). The van der Waals surface area contributed by atoms with Crippen LogP contribution in [0, 0.1) is 18.6 Å². The number of aryl methyl sites for hydroxylation is 1. The van der Waals surface area contributed by atoms with Crippen molar-refractivity contribution in [1.29, 1.82) is 0 Å². The lowest BCUT2D eigenvalue weighted by atomic mass is 10.1. The predicted molar refractivity (Wildman–Crippen MR) is 96.3 cm³/mol. The molecule has 1 unspecified atom stereocenters. The highest BCUT2D eigenvalue weighted by Crippen LogP contribution is 2.26. The highest BCUT2D eigenvalue weighted by molar-refractivity contribution is 7.89. The molecule has 8 heteroatoms. The summed E-state index contributed by atoms with van der Waals surface area (Å²) in [5.74, 6) is -1.32. The predicted octanol–water partition coefficient (Wildman–Crippen LogP) is 2.74. The van der Waals surface area contributed by atoms with Crippen molar-refractivity contribution >= 4 is 15.9 Å². The van der Waals surface area contributed by atoms with Crippen LogP contribution in [0.4, 0.5) is 8.78 Å². The molecule has 1 amide bonds. The molecule has 3 rings (SSSR count). The molecule has 0 aromatic heterocycles. The summed E-state index contributed by atoms with van der Waals surface area (Å²) in [5.41, 5.74) is 1.11. The summed E-state index contributed by atoms with van der Waals surface area (Å²) in [6, 6.07) is 8.36. The molecule has 1 saturated heterocycles. The number of carbonyl (C=O) groups is 1. The Hall–Kier alpha value is -2.32. The Morgan fingerprint density at radius 2 is 1.89 bits per heavy atom. The van der Waals surface area contributed by atoms with Crippen molar-refractivity contribution in [3.63, 3.8) is 0 Å². The van der Waals surface area contributed by atoms with Gasteiger partial charge >= 0.3 is 0 Å². The fourth-order valence-corrected chi connectivity index (χ4v) is 4.74. The Balaban J connectivity index is 1.72. The monoisotopic (exact) mass is 394 g/mol. The molecule has 5 nitrogen and oxygen atoms in total. The van der Waals surface area contributed by atoms with Gasteiger partial charge in [-0.05, 0) is 61.2 Å². The molecule has 1 aliphatic rings. The van der Waals surface area contributed by atoms with E-state index in [4.69, 9.17) is 0 Å². The molecular formula is C19H20F2N2O3S. The number of rotatable bonds is 5. The van der Waals surface area contributed by atoms with Crippen LogP contribution in [0.1, 0.15) is 24.0 Å². The average Bonchev–Trinajstić information content (AvgIpc) is 3.13. The Bertz CT molecular complexity index is 946. The SMILES string of the molecule is Cc1ccc(CNC(=O)C2CCCN2S(=O)(=O)c2ccc(F)cc2)cc1F. The molecule has 144 valence electrons. The minimum atomic E-state index is -3.90. The van der Waals surface area contributed by atoms with Crippen molar-refractivity contribution < 1.29 is 22.0 Å². The minimum absolute atomic E-state index is 0.0517. The van der Waals surface area contributed by atoms with Gasteiger partial charge in [-0.3, -0.25) is 4.79 Å². The van der Waals surface area contributed by atoms with Crippen molar-refractivity contribution in [1.82, 2.24) is 9.62 Å². The van der Waals surface area contributed by atoms with Crippen LogP contribution in [0.25, 0.3) is 0 Å². The lowest BCUT2D eigenvalue weighted by Crippen LogP contribution is -2.45. The van der Waals surface area contributed by atoms with E-state index in [2.05, 4.69) is 5.32 Å². The normalized spacial score (nSPS) is 17.8. The van der Waals surface area contributed by atoms with Crippen LogP contribution in [-0.4, -0.2) is 31.2 Å². The Morgan fingerprint density at radius 3 is 2.56 bits per heavy atom. The third-order valence-electron chi connectivity index (χ3n) is 4.63. The topological polar surface area (TPSA) is 66.5 Å². The molecule has 0 radical (unpaired) electrons. The van der Waals surface area contributed by atoms with Crippen LogP contribution >= 0.6 is 0 Å². The van der Waals surface area contributed by atoms with E-state index in [0.717, 1.165) is 16.4 Å². The number of amides is 1. The van der Waals surface area contributed by atoms with E-state index in [-0.39, 0.29) is 23.8 Å². The second kappa shape index (κ2) is 7.74. The van der Waals surface area contributed by atoms with Crippen molar-refractivity contribution in [3.8, 4) is 0 Å². The largest absolute Gasteiger partial charge is 0.351 e. The van der Waals surface area contributed by atoms with Gasteiger partial charge in [-0.2, -0.15) is 4.31 Å². The minimum Gasteiger partial charge on any atom is -0.351 e. The zero-order chi connectivity index (χ0) is 19.6. The Labute approximate surface area is 157 Å². The molecule has 1 aliphatic heterocycles. The van der Waals surface area contributed by atoms with Crippen LogP contribution in [-0.2, 0) is 21.4 Å². The second-order valence-electron chi connectivity index (χ2n) is 6.53. The second-order valence-corrected chi connectivity index (χ2v) is 8.42. The number of hydrogen-bond acceptors (Lipinski definition) is 3. The number of sulfonamides is 1. The lowest BCUT2D eigenvalue weighted by Gasteiger charge is -2.23. The molecule has 1 N–H and O–H groups in total. The van der Waals surface area contributed by atoms with Crippen LogP contribution in [0.5, 0.6) is 0 Å². The molecular weight excluding hydrogens is 374 g/mol. The number of carbonyl (C=O) groups excluding carboxylic acids is 1. The molecule has 0 bridgehead atoms. The van der Waals surface area contributed by atoms with Gasteiger partial charge in [0, 0.05) is 13.1 Å². The van der Waals surface area contributed by atoms with Crippen molar-refractivity contribution in [3.05, 3.63) is 65.2 Å². The third kappa shape index (κ3) is 4.17. The molecule has 2 aromatic carbocycles. The van der Waals surface area contributed by atoms with Gasteiger partial charge in [0.2, 0.25) is 15.9 Å². The zero-order valence-corrected chi connectivity index (χ0v) is 15.6. The highest BCUT2D eigenvalue weighted by Gasteiger charge is 2.39. The molecule has 1 fully saturated rings. The van der Waals surface area contributed by atoms with E-state index < -0.39 is 27.8 Å². The summed E-state index contributed by atoms with van der Waals surface area (Å²) in [7, 11) is -3.90. The van der Waals surface area contributed by atoms with Crippen molar-refractivity contribution in [2.45, 2.75) is 37.2 Å². The summed E-state index contributed by atoms with van der Waals surface area (Å²) in [6.07, 6.45) is 0.951. The van der Waals surface area contributed by atoms with Crippen molar-refractivity contribution in [2.24, 2.45) is 0 Å². The summed E-state index contributed by atoms with van der Waals surface area (Å²) < 4.78 is 53.4. The number of halogens is 2. The zero-order valence-electron chi connectivity index (χ0n) is 14.8. The molecule has 1 atom stereocenters. The first-order valence-corrected chi connectivity index (χ1v) is 10.0. The van der Waals surface area contributed by atoms with Gasteiger partial charge in [0.25, 0.3) is 0 Å². The van der Waals surface area contributed by atoms with E-state index in [9.17, 15) is 22.0 Å². The van der Waals surface area contributed by atoms with Gasteiger partial charge < -0.3 is 5.32 Å². The molecule has 0 spiro atoms. The van der Waals surface area contributed by atoms with Gasteiger partial charge in [-0.1, -0.05) is 12.1 Å². The van der Waals surface area contributed by atoms with E-state index in [0.29, 0.717) is 24.0 Å². The third-order valence-corrected chi connectivity index (χ3v) is 6.55. The molecule has 2 aromatic rings. The van der Waals surface area contributed by atoms with Gasteiger partial charge in [0.1, 0.15) is 17.7 Å². The van der Waals surface area contributed by atoms with E-state index in [1.54, 1.807) is 19.1 Å². The Morgan fingerprint density at radius 1 is 1.19 bits per heavy atom. The lowest BCUT2D eigenvalue weighted by molar-refractivity contribution is -0.124. The summed E-state index contributed by atoms with van der Waals surface area (Å²) >= 11 is 0. The molecule has 0 aliphatic carbocycles. The van der Waals surface area contributed by atoms with Gasteiger partial charge in [0.15, 0.2) is 0 Å². The molecule has 27 heavy (non-hydrogen) atoms. The van der Waals surface area contributed by atoms with Gasteiger partial charge in [-0.25, -0.2) is 17.2 Å². The first kappa shape index (κ1) is 19.4. The first-order valence-electron chi connectivity index (χ1n) is 8.59. The smallest absolute Gasteiger partial charge is 0.243 e. The maximum absolute atomic E-state index is 13.6. The maximum Gasteiger partial charge on any atom is 0.243 e. The summed E-state index contributed by atoms with van der Waals surface area (Å²) in [6.45, 7) is 1.97. The number of nitrogens with one attached hydrogen (secondary N) is 1. The summed E-state index contributed by atoms with van der Waals surface area (Å²) in [4.78, 5) is 12.5. The number of hydrogen-bond donors (Lipinski definition) is 1. The van der Waals surface area contributed by atoms with Crippen molar-refractivity contribution in [2.75, 3.05) is 6.54 Å². The fourth-order valence-electron chi connectivity index (χ4n) is 3.09. The van der Waals surface area contributed by atoms with E-state index in [1.165, 1.54) is 18.2 Å². The summed E-state index contributed by atoms with van der Waals surface area (Å²) in [5, 5.41) is 2.68. The van der Waals surface area contributed by atoms with E-state index in [1.807, 2.05) is 0 Å². The van der Waals surface area contributed by atoms with E-state index >= 15 is 0 Å². The van der Waals surface area contributed by atoms with Gasteiger partial charge in [-0.15, -0.1) is 0 Å².